The van der Waals surface area contributed by atoms with Gasteiger partial charge in [-0.15, -0.1) is 0 Å². The van der Waals surface area contributed by atoms with Gasteiger partial charge < -0.3 is 9.05 Å². The molecule has 25 heavy (non-hydrogen) atoms. The molecule has 0 amide bonds. The van der Waals surface area contributed by atoms with Crippen LogP contribution in [0.2, 0.25) is 0 Å². The van der Waals surface area contributed by atoms with Crippen LogP contribution in [0.3, 0.4) is 0 Å². The topological polar surface area (TPSA) is 45.5 Å². The van der Waals surface area contributed by atoms with Crippen molar-refractivity contribution in [3.63, 3.8) is 0 Å². The highest BCUT2D eigenvalue weighted by Gasteiger charge is 2.33. The summed E-state index contributed by atoms with van der Waals surface area (Å²) in [5.74, 6) is 2.38. The summed E-state index contributed by atoms with van der Waals surface area (Å²) in [6.07, 6.45) is 5.50. The van der Waals surface area contributed by atoms with Gasteiger partial charge in [-0.05, 0) is 71.1 Å². The van der Waals surface area contributed by atoms with E-state index >= 15 is 0 Å². The molecule has 0 N–H and O–H groups in total. The Balaban J connectivity index is 2.64. The van der Waals surface area contributed by atoms with E-state index in [4.69, 9.17) is 14.3 Å². The zero-order valence-corrected chi connectivity index (χ0v) is 18.3. The van der Waals surface area contributed by atoms with E-state index in [-0.39, 0.29) is 0 Å². The molecule has 0 aliphatic heterocycles. The number of nitriles is 1. The second-order valence-corrected chi connectivity index (χ2v) is 9.70. The van der Waals surface area contributed by atoms with Gasteiger partial charge >= 0.3 is 0 Å². The standard InChI is InChI=1S/C20H39N2O2P/c1-15(2)18(7)19-9-11-20(12-10-19)24-25(23-14-8-13-21)22(16(3)4)17(5)6/h15-20H,8-12,14H2,1-7H3/t18?,19-,20+,25?. The van der Waals surface area contributed by atoms with Crippen molar-refractivity contribution < 1.29 is 9.05 Å². The van der Waals surface area contributed by atoms with E-state index in [0.29, 0.717) is 31.2 Å². The maximum atomic E-state index is 8.81. The van der Waals surface area contributed by atoms with Crippen molar-refractivity contribution in [1.29, 1.82) is 5.26 Å². The molecule has 2 atom stereocenters. The van der Waals surface area contributed by atoms with Crippen LogP contribution in [0, 0.1) is 29.1 Å². The molecule has 0 saturated heterocycles. The highest BCUT2D eigenvalue weighted by molar-refractivity contribution is 7.44. The Hall–Kier alpha value is -0.200. The molecular weight excluding hydrogens is 331 g/mol. The van der Waals surface area contributed by atoms with Crippen LogP contribution in [0.5, 0.6) is 0 Å². The number of rotatable bonds is 10. The van der Waals surface area contributed by atoms with Crippen LogP contribution < -0.4 is 0 Å². The number of nitrogens with zero attached hydrogens (tertiary/aromatic N) is 2. The smallest absolute Gasteiger partial charge is 0.259 e. The molecule has 0 heterocycles. The van der Waals surface area contributed by atoms with Gasteiger partial charge in [0.25, 0.3) is 8.53 Å². The zero-order valence-electron chi connectivity index (χ0n) is 17.4. The molecule has 1 rings (SSSR count). The lowest BCUT2D eigenvalue weighted by atomic mass is 9.75. The fraction of sp³-hybridized carbons (Fsp3) is 0.950. The normalized spacial score (nSPS) is 24.1. The summed E-state index contributed by atoms with van der Waals surface area (Å²) in [7, 11) is -1.10. The first-order chi connectivity index (χ1) is 11.8. The van der Waals surface area contributed by atoms with Crippen LogP contribution in [0.1, 0.15) is 80.6 Å². The molecule has 4 nitrogen and oxygen atoms in total. The summed E-state index contributed by atoms with van der Waals surface area (Å²) in [4.78, 5) is 0. The molecule has 0 aromatic rings. The van der Waals surface area contributed by atoms with Crippen molar-refractivity contribution in [3.05, 3.63) is 0 Å². The Morgan fingerprint density at radius 3 is 2.00 bits per heavy atom. The molecule has 0 radical (unpaired) electrons. The first-order valence-corrected chi connectivity index (χ1v) is 11.2. The number of hydrogen-bond donors (Lipinski definition) is 0. The predicted octanol–water partition coefficient (Wildman–Crippen LogP) is 6.13. The van der Waals surface area contributed by atoms with Crippen LogP contribution in [0.15, 0.2) is 0 Å². The minimum Gasteiger partial charge on any atom is -0.321 e. The van der Waals surface area contributed by atoms with E-state index in [9.17, 15) is 0 Å². The average molecular weight is 371 g/mol. The van der Waals surface area contributed by atoms with Gasteiger partial charge in [-0.3, -0.25) is 0 Å². The molecule has 1 aliphatic carbocycles. The first-order valence-electron chi connectivity index (χ1n) is 10.0. The van der Waals surface area contributed by atoms with E-state index in [1.54, 1.807) is 0 Å². The van der Waals surface area contributed by atoms with Crippen molar-refractivity contribution in [1.82, 2.24) is 4.67 Å². The minimum absolute atomic E-state index is 0.295. The van der Waals surface area contributed by atoms with E-state index < -0.39 is 8.53 Å². The maximum Gasteiger partial charge on any atom is 0.259 e. The molecule has 1 fully saturated rings. The van der Waals surface area contributed by atoms with E-state index in [0.717, 1.165) is 30.6 Å². The van der Waals surface area contributed by atoms with Gasteiger partial charge in [0.15, 0.2) is 0 Å². The Bertz CT molecular complexity index is 393. The van der Waals surface area contributed by atoms with Gasteiger partial charge in [0.05, 0.1) is 25.2 Å². The molecule has 146 valence electrons. The summed E-state index contributed by atoms with van der Waals surface area (Å²) < 4.78 is 14.8. The largest absolute Gasteiger partial charge is 0.321 e. The third kappa shape index (κ3) is 7.51. The molecule has 0 bridgehead atoms. The van der Waals surface area contributed by atoms with Crippen molar-refractivity contribution in [2.24, 2.45) is 17.8 Å². The van der Waals surface area contributed by atoms with E-state index in [2.05, 4.69) is 59.2 Å². The highest BCUT2D eigenvalue weighted by atomic mass is 31.2. The average Bonchev–Trinajstić information content (AvgIpc) is 2.54. The highest BCUT2D eigenvalue weighted by Crippen LogP contribution is 2.49. The SMILES string of the molecule is CC(C)C(C)[C@H]1CC[C@@H](OP(OCCC#N)N(C(C)C)C(C)C)CC1. The Kier molecular flexibility index (Phi) is 10.5. The zero-order chi connectivity index (χ0) is 19.0. The lowest BCUT2D eigenvalue weighted by Crippen LogP contribution is -2.35. The van der Waals surface area contributed by atoms with Crippen molar-refractivity contribution in [3.8, 4) is 6.07 Å². The monoisotopic (exact) mass is 370 g/mol. The fourth-order valence-corrected chi connectivity index (χ4v) is 5.46. The number of hydrogen-bond acceptors (Lipinski definition) is 4. The van der Waals surface area contributed by atoms with Gasteiger partial charge in [-0.1, -0.05) is 20.8 Å². The fourth-order valence-electron chi connectivity index (χ4n) is 3.69. The molecule has 0 aromatic carbocycles. The Labute approximate surface area is 157 Å². The first kappa shape index (κ1) is 22.8. The molecule has 0 aromatic heterocycles. The van der Waals surface area contributed by atoms with Crippen molar-refractivity contribution in [2.45, 2.75) is 98.8 Å². The lowest BCUT2D eigenvalue weighted by Gasteiger charge is -2.39. The predicted molar refractivity (Wildman–Crippen MR) is 106 cm³/mol. The second-order valence-electron chi connectivity index (χ2n) is 8.29. The summed E-state index contributed by atoms with van der Waals surface area (Å²) in [5, 5.41) is 8.81. The van der Waals surface area contributed by atoms with E-state index in [1.165, 1.54) is 12.8 Å². The van der Waals surface area contributed by atoms with Crippen molar-refractivity contribution in [2.75, 3.05) is 6.61 Å². The molecule has 1 aliphatic rings. The summed E-state index contributed by atoms with van der Waals surface area (Å²) in [6.45, 7) is 16.3. The summed E-state index contributed by atoms with van der Waals surface area (Å²) >= 11 is 0. The molecular formula is C20H39N2O2P. The minimum atomic E-state index is -1.10. The van der Waals surface area contributed by atoms with Crippen molar-refractivity contribution >= 4 is 8.53 Å². The van der Waals surface area contributed by atoms with Gasteiger partial charge in [-0.25, -0.2) is 4.67 Å². The molecule has 0 spiro atoms. The molecule has 1 saturated carbocycles. The molecule has 5 heteroatoms. The van der Waals surface area contributed by atoms with Crippen LogP contribution in [0.25, 0.3) is 0 Å². The lowest BCUT2D eigenvalue weighted by molar-refractivity contribution is 0.0782. The second kappa shape index (κ2) is 11.5. The Morgan fingerprint density at radius 1 is 1.00 bits per heavy atom. The van der Waals surface area contributed by atoms with Crippen LogP contribution in [0.4, 0.5) is 0 Å². The van der Waals surface area contributed by atoms with Crippen LogP contribution in [-0.4, -0.2) is 29.5 Å². The molecule has 2 unspecified atom stereocenters. The summed E-state index contributed by atoms with van der Waals surface area (Å²) in [5.41, 5.74) is 0. The van der Waals surface area contributed by atoms with Gasteiger partial charge in [0.1, 0.15) is 0 Å². The third-order valence-corrected chi connectivity index (χ3v) is 7.60. The van der Waals surface area contributed by atoms with E-state index in [1.807, 2.05) is 0 Å². The summed E-state index contributed by atoms with van der Waals surface area (Å²) in [6, 6.07) is 2.90. The third-order valence-electron chi connectivity index (χ3n) is 5.42. The maximum absolute atomic E-state index is 8.81. The quantitative estimate of drug-likeness (QED) is 0.343. The van der Waals surface area contributed by atoms with Crippen LogP contribution >= 0.6 is 8.53 Å². The van der Waals surface area contributed by atoms with Gasteiger partial charge in [0, 0.05) is 12.1 Å². The Morgan fingerprint density at radius 2 is 1.56 bits per heavy atom. The van der Waals surface area contributed by atoms with Gasteiger partial charge in [0.2, 0.25) is 0 Å². The van der Waals surface area contributed by atoms with Gasteiger partial charge in [-0.2, -0.15) is 5.26 Å². The van der Waals surface area contributed by atoms with Crippen LogP contribution in [-0.2, 0) is 9.05 Å².